The average Bonchev–Trinajstić information content (AvgIpc) is 2.58. The van der Waals surface area contributed by atoms with Gasteiger partial charge in [0.2, 0.25) is 5.95 Å². The molecule has 24 heavy (non-hydrogen) atoms. The van der Waals surface area contributed by atoms with Gasteiger partial charge in [0.05, 0.1) is 12.1 Å². The fourth-order valence-electron chi connectivity index (χ4n) is 2.18. The lowest BCUT2D eigenvalue weighted by Crippen LogP contribution is -2.29. The molecule has 0 radical (unpaired) electrons. The van der Waals surface area contributed by atoms with Crippen molar-refractivity contribution < 1.29 is 18.0 Å². The molecule has 0 bridgehead atoms. The molecular weight excluding hydrogens is 319 g/mol. The summed E-state index contributed by atoms with van der Waals surface area (Å²) < 4.78 is 37.7. The van der Waals surface area contributed by atoms with Gasteiger partial charge in [0.1, 0.15) is 6.29 Å². The maximum Gasteiger partial charge on any atom is 0.416 e. The number of hydrogen-bond acceptors (Lipinski definition) is 4. The minimum atomic E-state index is -4.34. The molecule has 1 heterocycles. The second kappa shape index (κ2) is 7.90. The lowest BCUT2D eigenvalue weighted by Gasteiger charge is -2.20. The summed E-state index contributed by atoms with van der Waals surface area (Å²) in [6, 6.07) is 5.02. The molecule has 0 aliphatic rings. The van der Waals surface area contributed by atoms with Crippen LogP contribution >= 0.6 is 0 Å². The topological polar surface area (TPSA) is 46.1 Å². The van der Waals surface area contributed by atoms with Crippen molar-refractivity contribution in [1.29, 1.82) is 0 Å². The van der Waals surface area contributed by atoms with E-state index < -0.39 is 11.7 Å². The van der Waals surface area contributed by atoms with Gasteiger partial charge >= 0.3 is 6.18 Å². The summed E-state index contributed by atoms with van der Waals surface area (Å²) in [7, 11) is 0. The first kappa shape index (κ1) is 17.9. The van der Waals surface area contributed by atoms with Gasteiger partial charge in [0.25, 0.3) is 0 Å². The van der Waals surface area contributed by atoms with Crippen LogP contribution < -0.4 is 4.90 Å². The molecular formula is C17H18F3N3O. The van der Waals surface area contributed by atoms with Crippen molar-refractivity contribution in [2.75, 3.05) is 18.0 Å². The lowest BCUT2D eigenvalue weighted by atomic mass is 10.1. The van der Waals surface area contributed by atoms with Crippen molar-refractivity contribution in [1.82, 2.24) is 9.97 Å². The van der Waals surface area contributed by atoms with Crippen LogP contribution in [0.25, 0.3) is 0 Å². The van der Waals surface area contributed by atoms with Crippen LogP contribution in [-0.4, -0.2) is 29.3 Å². The van der Waals surface area contributed by atoms with Gasteiger partial charge < -0.3 is 9.69 Å². The predicted octanol–water partition coefficient (Wildman–Crippen LogP) is 3.31. The second-order valence-corrected chi connectivity index (χ2v) is 5.30. The Kier molecular flexibility index (Phi) is 5.89. The number of carbonyl (C=O) groups excluding carboxylic acids is 1. The summed E-state index contributed by atoms with van der Waals surface area (Å²) >= 11 is 0. The van der Waals surface area contributed by atoms with Crippen molar-refractivity contribution in [3.8, 4) is 0 Å². The minimum absolute atomic E-state index is 0.131. The van der Waals surface area contributed by atoms with Gasteiger partial charge in [-0.15, -0.1) is 0 Å². The number of halogens is 3. The fraction of sp³-hybridized carbons (Fsp3) is 0.353. The van der Waals surface area contributed by atoms with E-state index in [-0.39, 0.29) is 6.54 Å². The highest BCUT2D eigenvalue weighted by atomic mass is 19.4. The third-order valence-corrected chi connectivity index (χ3v) is 3.63. The molecule has 0 N–H and O–H groups in total. The number of rotatable bonds is 7. The van der Waals surface area contributed by atoms with E-state index in [9.17, 15) is 18.0 Å². The maximum atomic E-state index is 12.6. The van der Waals surface area contributed by atoms with E-state index in [1.54, 1.807) is 17.3 Å². The van der Waals surface area contributed by atoms with Gasteiger partial charge in [-0.3, -0.25) is 0 Å². The Bertz CT molecular complexity index is 654. The van der Waals surface area contributed by atoms with E-state index >= 15 is 0 Å². The minimum Gasteiger partial charge on any atom is -0.333 e. The van der Waals surface area contributed by atoms with Crippen LogP contribution in [0.15, 0.2) is 36.7 Å². The van der Waals surface area contributed by atoms with E-state index in [0.717, 1.165) is 36.0 Å². The normalized spacial score (nSPS) is 11.3. The maximum absolute atomic E-state index is 12.6. The molecule has 0 saturated carbocycles. The summed E-state index contributed by atoms with van der Waals surface area (Å²) in [5.74, 6) is 0.436. The van der Waals surface area contributed by atoms with Crippen molar-refractivity contribution in [3.05, 3.63) is 53.3 Å². The van der Waals surface area contributed by atoms with Gasteiger partial charge in [0, 0.05) is 18.9 Å². The molecule has 4 nitrogen and oxygen atoms in total. The third-order valence-electron chi connectivity index (χ3n) is 3.63. The summed E-state index contributed by atoms with van der Waals surface area (Å²) in [6.45, 7) is 2.56. The molecule has 1 aromatic heterocycles. The van der Waals surface area contributed by atoms with Gasteiger partial charge in [-0.2, -0.15) is 13.2 Å². The van der Waals surface area contributed by atoms with Gasteiger partial charge in [0.15, 0.2) is 0 Å². The van der Waals surface area contributed by atoms with E-state index in [1.807, 2.05) is 6.92 Å². The number of aromatic nitrogens is 2. The van der Waals surface area contributed by atoms with Crippen LogP contribution in [0.1, 0.15) is 23.6 Å². The first-order valence-corrected chi connectivity index (χ1v) is 7.59. The number of alkyl halides is 3. The highest BCUT2D eigenvalue weighted by Crippen LogP contribution is 2.29. The van der Waals surface area contributed by atoms with Gasteiger partial charge in [-0.25, -0.2) is 9.97 Å². The molecule has 0 fully saturated rings. The van der Waals surface area contributed by atoms with Crippen LogP contribution in [0, 0.1) is 0 Å². The summed E-state index contributed by atoms with van der Waals surface area (Å²) in [5.41, 5.74) is 1.08. The molecule has 0 aliphatic carbocycles. The highest BCUT2D eigenvalue weighted by molar-refractivity contribution is 5.58. The van der Waals surface area contributed by atoms with Crippen molar-refractivity contribution >= 4 is 12.2 Å². The third kappa shape index (κ3) is 4.78. The lowest BCUT2D eigenvalue weighted by molar-refractivity contribution is -0.137. The number of aryl methyl sites for hydroxylation is 1. The Morgan fingerprint density at radius 1 is 1.08 bits per heavy atom. The zero-order valence-electron chi connectivity index (χ0n) is 13.3. The number of aldehydes is 1. The highest BCUT2D eigenvalue weighted by Gasteiger charge is 2.29. The monoisotopic (exact) mass is 337 g/mol. The summed E-state index contributed by atoms with van der Waals surface area (Å²) in [6.07, 6.45) is 1.14. The summed E-state index contributed by atoms with van der Waals surface area (Å²) in [5, 5.41) is 0. The second-order valence-electron chi connectivity index (χ2n) is 5.30. The van der Waals surface area contributed by atoms with E-state index in [0.29, 0.717) is 18.9 Å². The smallest absolute Gasteiger partial charge is 0.333 e. The van der Waals surface area contributed by atoms with Crippen molar-refractivity contribution in [2.24, 2.45) is 0 Å². The van der Waals surface area contributed by atoms with Crippen LogP contribution in [-0.2, 0) is 23.8 Å². The predicted molar refractivity (Wildman–Crippen MR) is 84.8 cm³/mol. The zero-order chi connectivity index (χ0) is 17.6. The van der Waals surface area contributed by atoms with Crippen LogP contribution in [0.5, 0.6) is 0 Å². The molecule has 0 spiro atoms. The number of hydrogen-bond donors (Lipinski definition) is 0. The van der Waals surface area contributed by atoms with Gasteiger partial charge in [-0.1, -0.05) is 19.1 Å². The SMILES string of the molecule is CCc1cnc(N(CC=O)CCc2ccc(C(F)(F)F)cc2)nc1. The Hall–Kier alpha value is -2.44. The van der Waals surface area contributed by atoms with Crippen LogP contribution in [0.4, 0.5) is 19.1 Å². The van der Waals surface area contributed by atoms with E-state index in [1.165, 1.54) is 12.1 Å². The number of anilines is 1. The standard InChI is InChI=1S/C17H18F3N3O/c1-2-13-11-21-16(22-12-13)23(9-10-24)8-7-14-3-5-15(6-4-14)17(18,19)20/h3-6,10-12H,2,7-9H2,1H3. The zero-order valence-corrected chi connectivity index (χ0v) is 13.3. The molecule has 7 heteroatoms. The first-order valence-electron chi connectivity index (χ1n) is 7.59. The molecule has 128 valence electrons. The summed E-state index contributed by atoms with van der Waals surface area (Å²) in [4.78, 5) is 21.0. The number of nitrogens with zero attached hydrogens (tertiary/aromatic N) is 3. The Morgan fingerprint density at radius 3 is 2.21 bits per heavy atom. The molecule has 1 aromatic carbocycles. The first-order chi connectivity index (χ1) is 11.4. The van der Waals surface area contributed by atoms with Gasteiger partial charge in [-0.05, 0) is 36.1 Å². The quantitative estimate of drug-likeness (QED) is 0.727. The Labute approximate surface area is 138 Å². The average molecular weight is 337 g/mol. The molecule has 0 amide bonds. The van der Waals surface area contributed by atoms with E-state index in [2.05, 4.69) is 9.97 Å². The molecule has 0 atom stereocenters. The van der Waals surface area contributed by atoms with Crippen LogP contribution in [0.3, 0.4) is 0 Å². The Balaban J connectivity index is 2.04. The molecule has 2 aromatic rings. The Morgan fingerprint density at radius 2 is 1.71 bits per heavy atom. The molecule has 0 unspecified atom stereocenters. The number of benzene rings is 1. The van der Waals surface area contributed by atoms with E-state index in [4.69, 9.17) is 0 Å². The molecule has 2 rings (SSSR count). The largest absolute Gasteiger partial charge is 0.416 e. The van der Waals surface area contributed by atoms with Crippen LogP contribution in [0.2, 0.25) is 0 Å². The number of carbonyl (C=O) groups is 1. The van der Waals surface area contributed by atoms with Crippen molar-refractivity contribution in [3.63, 3.8) is 0 Å². The molecule has 0 aliphatic heterocycles. The fourth-order valence-corrected chi connectivity index (χ4v) is 2.18. The molecule has 0 saturated heterocycles. The van der Waals surface area contributed by atoms with Crippen molar-refractivity contribution in [2.45, 2.75) is 25.9 Å².